The fourth-order valence-corrected chi connectivity index (χ4v) is 6.75. The maximum atomic E-state index is 12.9. The van der Waals surface area contributed by atoms with Crippen LogP contribution in [0.1, 0.15) is 48.0 Å². The van der Waals surface area contributed by atoms with Crippen molar-refractivity contribution in [1.82, 2.24) is 25.2 Å². The number of halogens is 1. The summed E-state index contributed by atoms with van der Waals surface area (Å²) in [5.74, 6) is 0.376. The third-order valence-corrected chi connectivity index (χ3v) is 9.37. The van der Waals surface area contributed by atoms with Crippen molar-refractivity contribution in [2.75, 3.05) is 43.0 Å². The zero-order valence-corrected chi connectivity index (χ0v) is 24.7. The van der Waals surface area contributed by atoms with Gasteiger partial charge in [-0.1, -0.05) is 23.7 Å². The predicted molar refractivity (Wildman–Crippen MR) is 166 cm³/mol. The lowest BCUT2D eigenvalue weighted by atomic mass is 9.84. The molecular weight excluding hydrogens is 566 g/mol. The molecule has 1 spiro atoms. The molecule has 3 saturated heterocycles. The Morgan fingerprint density at radius 2 is 1.77 bits per heavy atom. The quantitative estimate of drug-likeness (QED) is 0.259. The Kier molecular flexibility index (Phi) is 7.46. The first-order valence-corrected chi connectivity index (χ1v) is 15.4. The van der Waals surface area contributed by atoms with Crippen LogP contribution in [-0.2, 0) is 10.3 Å². The van der Waals surface area contributed by atoms with Crippen LogP contribution in [0.2, 0.25) is 5.02 Å². The van der Waals surface area contributed by atoms with Crippen molar-refractivity contribution in [2.24, 2.45) is 0 Å². The van der Waals surface area contributed by atoms with E-state index in [4.69, 9.17) is 21.3 Å². The molecule has 11 heteroatoms. The third-order valence-electron chi connectivity index (χ3n) is 9.12. The molecule has 0 radical (unpaired) electrons. The number of amides is 1. The van der Waals surface area contributed by atoms with E-state index in [-0.39, 0.29) is 17.6 Å². The summed E-state index contributed by atoms with van der Waals surface area (Å²) in [5.41, 5.74) is 3.02. The third kappa shape index (κ3) is 5.80. The van der Waals surface area contributed by atoms with E-state index in [0.717, 1.165) is 54.9 Å². The van der Waals surface area contributed by atoms with E-state index in [9.17, 15) is 9.90 Å². The fourth-order valence-electron chi connectivity index (χ4n) is 6.63. The molecule has 3 fully saturated rings. The van der Waals surface area contributed by atoms with Crippen molar-refractivity contribution >= 4 is 40.5 Å². The molecule has 0 aliphatic carbocycles. The number of nitrogens with zero attached hydrogens (tertiary/aromatic N) is 4. The summed E-state index contributed by atoms with van der Waals surface area (Å²) >= 11 is 6.05. The number of fused-ring (bicyclic) bond motifs is 1. The molecule has 0 saturated carbocycles. The second kappa shape index (κ2) is 11.4. The summed E-state index contributed by atoms with van der Waals surface area (Å²) < 4.78 is 7.88. The van der Waals surface area contributed by atoms with Crippen LogP contribution in [0.3, 0.4) is 0 Å². The monoisotopic (exact) mass is 601 g/mol. The Morgan fingerprint density at radius 3 is 2.51 bits per heavy atom. The SMILES string of the molecule is O=C(NC1COC2(CCNCC2)C1)c1ccc(Nc2nc3c(N4CCC(O)(c5ccc(Cl)cc5)CC4)cccn3n2)cc1. The lowest BCUT2D eigenvalue weighted by molar-refractivity contribution is -0.0194. The van der Waals surface area contributed by atoms with Crippen LogP contribution >= 0.6 is 11.6 Å². The van der Waals surface area contributed by atoms with Gasteiger partial charge in [0, 0.05) is 35.6 Å². The highest BCUT2D eigenvalue weighted by molar-refractivity contribution is 6.30. The molecule has 3 aliphatic rings. The first kappa shape index (κ1) is 28.1. The summed E-state index contributed by atoms with van der Waals surface area (Å²) in [6.45, 7) is 3.86. The lowest BCUT2D eigenvalue weighted by Gasteiger charge is -2.39. The van der Waals surface area contributed by atoms with Gasteiger partial charge in [0.1, 0.15) is 0 Å². The van der Waals surface area contributed by atoms with Crippen molar-refractivity contribution < 1.29 is 14.6 Å². The van der Waals surface area contributed by atoms with E-state index >= 15 is 0 Å². The standard InChI is InChI=1S/C32H36ClN7O3/c33-24-7-5-23(6-8-24)32(42)13-18-39(19-14-32)27-2-1-17-40-28(27)37-30(38-40)36-25-9-3-22(4-10-25)29(41)35-26-20-31(43-21-26)11-15-34-16-12-31/h1-10,17,26,34,42H,11-16,18-21H2,(H,35,41)(H,36,38). The number of benzene rings is 2. The smallest absolute Gasteiger partial charge is 0.251 e. The Morgan fingerprint density at radius 1 is 1.02 bits per heavy atom. The van der Waals surface area contributed by atoms with Crippen LogP contribution in [0.15, 0.2) is 66.9 Å². The largest absolute Gasteiger partial charge is 0.385 e. The summed E-state index contributed by atoms with van der Waals surface area (Å²) in [4.78, 5) is 20.0. The number of hydrogen-bond donors (Lipinski definition) is 4. The molecule has 1 amide bonds. The minimum Gasteiger partial charge on any atom is -0.385 e. The average molecular weight is 602 g/mol. The number of carbonyl (C=O) groups is 1. The summed E-state index contributed by atoms with van der Waals surface area (Å²) in [6, 6.07) is 18.8. The van der Waals surface area contributed by atoms with E-state index in [0.29, 0.717) is 49.1 Å². The zero-order chi connectivity index (χ0) is 29.4. The minimum atomic E-state index is -0.879. The Bertz CT molecular complexity index is 1590. The van der Waals surface area contributed by atoms with Gasteiger partial charge < -0.3 is 30.7 Å². The molecule has 2 aromatic carbocycles. The van der Waals surface area contributed by atoms with Gasteiger partial charge in [0.25, 0.3) is 5.91 Å². The highest BCUT2D eigenvalue weighted by atomic mass is 35.5. The predicted octanol–water partition coefficient (Wildman–Crippen LogP) is 4.26. The average Bonchev–Trinajstić information content (AvgIpc) is 3.61. The van der Waals surface area contributed by atoms with Crippen LogP contribution in [0.4, 0.5) is 17.3 Å². The number of hydrogen-bond acceptors (Lipinski definition) is 8. The molecular formula is C32H36ClN7O3. The molecule has 10 nitrogen and oxygen atoms in total. The van der Waals surface area contributed by atoms with Gasteiger partial charge in [-0.15, -0.1) is 5.10 Å². The van der Waals surface area contributed by atoms with Crippen LogP contribution < -0.4 is 20.9 Å². The van der Waals surface area contributed by atoms with Gasteiger partial charge in [0.2, 0.25) is 5.95 Å². The maximum absolute atomic E-state index is 12.9. The maximum Gasteiger partial charge on any atom is 0.251 e. The highest BCUT2D eigenvalue weighted by Crippen LogP contribution is 2.36. The Labute approximate surface area is 255 Å². The van der Waals surface area contributed by atoms with Gasteiger partial charge in [0.05, 0.1) is 29.5 Å². The number of rotatable bonds is 6. The molecule has 1 unspecified atom stereocenters. The molecule has 43 heavy (non-hydrogen) atoms. The first-order valence-electron chi connectivity index (χ1n) is 15.0. The first-order chi connectivity index (χ1) is 20.9. The van der Waals surface area contributed by atoms with E-state index in [1.807, 2.05) is 66.9 Å². The number of anilines is 3. The summed E-state index contributed by atoms with van der Waals surface area (Å²) in [5, 5.41) is 26.4. The topological polar surface area (TPSA) is 116 Å². The van der Waals surface area contributed by atoms with E-state index in [2.05, 4.69) is 25.9 Å². The van der Waals surface area contributed by atoms with Crippen LogP contribution in [0.25, 0.3) is 5.65 Å². The van der Waals surface area contributed by atoms with Crippen LogP contribution in [-0.4, -0.2) is 70.0 Å². The van der Waals surface area contributed by atoms with Crippen molar-refractivity contribution in [1.29, 1.82) is 0 Å². The molecule has 1 atom stereocenters. The highest BCUT2D eigenvalue weighted by Gasteiger charge is 2.41. The summed E-state index contributed by atoms with van der Waals surface area (Å²) in [6.07, 6.45) is 5.91. The number of aliphatic hydroxyl groups is 1. The van der Waals surface area contributed by atoms with Crippen LogP contribution in [0, 0.1) is 0 Å². The Hall–Kier alpha value is -3.70. The van der Waals surface area contributed by atoms with Crippen molar-refractivity contribution in [3.63, 3.8) is 0 Å². The number of carbonyl (C=O) groups excluding carboxylic acids is 1. The fraction of sp³-hybridized carbons (Fsp3) is 0.406. The van der Waals surface area contributed by atoms with Crippen molar-refractivity contribution in [3.05, 3.63) is 83.0 Å². The number of aromatic nitrogens is 3. The van der Waals surface area contributed by atoms with Gasteiger partial charge in [-0.05, 0) is 99.3 Å². The van der Waals surface area contributed by atoms with E-state index in [1.54, 1.807) is 4.52 Å². The number of nitrogens with one attached hydrogen (secondary N) is 3. The molecule has 0 bridgehead atoms. The Balaban J connectivity index is 0.987. The minimum absolute atomic E-state index is 0.0332. The number of piperidine rings is 2. The molecule has 3 aliphatic heterocycles. The van der Waals surface area contributed by atoms with Gasteiger partial charge in [-0.25, -0.2) is 4.52 Å². The van der Waals surface area contributed by atoms with E-state index < -0.39 is 5.60 Å². The molecule has 7 rings (SSSR count). The van der Waals surface area contributed by atoms with Gasteiger partial charge in [0.15, 0.2) is 5.65 Å². The molecule has 224 valence electrons. The lowest BCUT2D eigenvalue weighted by Crippen LogP contribution is -2.43. The van der Waals surface area contributed by atoms with E-state index in [1.165, 1.54) is 0 Å². The normalized spacial score (nSPS) is 21.3. The molecule has 2 aromatic heterocycles. The molecule has 5 heterocycles. The van der Waals surface area contributed by atoms with Gasteiger partial charge in [-0.3, -0.25) is 4.79 Å². The van der Waals surface area contributed by atoms with Crippen molar-refractivity contribution in [3.8, 4) is 0 Å². The van der Waals surface area contributed by atoms with Gasteiger partial charge in [-0.2, -0.15) is 4.98 Å². The number of pyridine rings is 1. The molecule has 4 N–H and O–H groups in total. The number of ether oxygens (including phenoxy) is 1. The second-order valence-corrected chi connectivity index (χ2v) is 12.4. The van der Waals surface area contributed by atoms with Crippen molar-refractivity contribution in [2.45, 2.75) is 49.3 Å². The zero-order valence-electron chi connectivity index (χ0n) is 23.9. The second-order valence-electron chi connectivity index (χ2n) is 11.9. The summed E-state index contributed by atoms with van der Waals surface area (Å²) in [7, 11) is 0. The molecule has 4 aromatic rings. The van der Waals surface area contributed by atoms with Gasteiger partial charge >= 0.3 is 0 Å². The van der Waals surface area contributed by atoms with Crippen LogP contribution in [0.5, 0.6) is 0 Å².